The van der Waals surface area contributed by atoms with Gasteiger partial charge in [0.15, 0.2) is 0 Å². The van der Waals surface area contributed by atoms with E-state index in [1.54, 1.807) is 6.07 Å². The molecule has 1 aliphatic heterocycles. The van der Waals surface area contributed by atoms with E-state index in [4.69, 9.17) is 16.3 Å². The maximum atomic E-state index is 5.74. The Labute approximate surface area is 119 Å². The predicted molar refractivity (Wildman–Crippen MR) is 74.6 cm³/mol. The van der Waals surface area contributed by atoms with Crippen LogP contribution in [0.25, 0.3) is 0 Å². The smallest absolute Gasteiger partial charge is 0.217 e. The largest absolute Gasteiger partial charge is 0.478 e. The van der Waals surface area contributed by atoms with Crippen LogP contribution >= 0.6 is 24.0 Å². The van der Waals surface area contributed by atoms with Crippen LogP contribution in [0.1, 0.15) is 25.7 Å². The molecule has 0 radical (unpaired) electrons. The third-order valence-corrected chi connectivity index (χ3v) is 3.22. The zero-order valence-electron chi connectivity index (χ0n) is 10.3. The lowest BCUT2D eigenvalue weighted by atomic mass is 9.95. The quantitative estimate of drug-likeness (QED) is 0.669. The maximum absolute atomic E-state index is 5.74. The predicted octanol–water partition coefficient (Wildman–Crippen LogP) is 2.71. The van der Waals surface area contributed by atoms with E-state index in [-0.39, 0.29) is 12.4 Å². The molecule has 6 heteroatoms. The Balaban J connectivity index is 0.00000162. The van der Waals surface area contributed by atoms with Crippen molar-refractivity contribution < 1.29 is 4.74 Å². The van der Waals surface area contributed by atoms with E-state index in [0.717, 1.165) is 18.9 Å². The minimum Gasteiger partial charge on any atom is -0.478 e. The number of aromatic nitrogens is 2. The van der Waals surface area contributed by atoms with Gasteiger partial charge in [0.1, 0.15) is 11.5 Å². The molecule has 0 aliphatic carbocycles. The van der Waals surface area contributed by atoms with Crippen LogP contribution in [0.2, 0.25) is 5.15 Å². The van der Waals surface area contributed by atoms with Gasteiger partial charge in [-0.15, -0.1) is 12.4 Å². The summed E-state index contributed by atoms with van der Waals surface area (Å²) >= 11 is 5.74. The van der Waals surface area contributed by atoms with Crippen molar-refractivity contribution in [2.24, 2.45) is 5.92 Å². The summed E-state index contributed by atoms with van der Waals surface area (Å²) in [7, 11) is 0. The average molecular weight is 292 g/mol. The Morgan fingerprint density at radius 3 is 3.06 bits per heavy atom. The van der Waals surface area contributed by atoms with Gasteiger partial charge in [0.25, 0.3) is 0 Å². The van der Waals surface area contributed by atoms with E-state index in [9.17, 15) is 0 Å². The normalized spacial score (nSPS) is 19.1. The van der Waals surface area contributed by atoms with Crippen molar-refractivity contribution in [2.75, 3.05) is 19.7 Å². The first-order valence-corrected chi connectivity index (χ1v) is 6.53. The highest BCUT2D eigenvalue weighted by molar-refractivity contribution is 6.29. The summed E-state index contributed by atoms with van der Waals surface area (Å²) in [5.74, 6) is 1.37. The fourth-order valence-electron chi connectivity index (χ4n) is 2.12. The summed E-state index contributed by atoms with van der Waals surface area (Å²) in [6, 6.07) is 1.64. The Hall–Kier alpha value is -0.580. The van der Waals surface area contributed by atoms with Crippen molar-refractivity contribution >= 4 is 24.0 Å². The van der Waals surface area contributed by atoms with Crippen LogP contribution in [0.15, 0.2) is 12.4 Å². The van der Waals surface area contributed by atoms with E-state index in [1.807, 2.05) is 0 Å². The first-order chi connectivity index (χ1) is 8.34. The number of hydrogen-bond donors (Lipinski definition) is 1. The van der Waals surface area contributed by atoms with Crippen molar-refractivity contribution in [3.8, 4) is 5.88 Å². The lowest BCUT2D eigenvalue weighted by molar-refractivity contribution is 0.268. The van der Waals surface area contributed by atoms with Crippen molar-refractivity contribution in [3.05, 3.63) is 17.5 Å². The number of halogens is 2. The van der Waals surface area contributed by atoms with Crippen LogP contribution in [-0.4, -0.2) is 29.7 Å². The molecule has 4 nitrogen and oxygen atoms in total. The van der Waals surface area contributed by atoms with E-state index in [2.05, 4.69) is 15.3 Å². The summed E-state index contributed by atoms with van der Waals surface area (Å²) in [5, 5.41) is 3.84. The minimum absolute atomic E-state index is 0. The summed E-state index contributed by atoms with van der Waals surface area (Å²) in [6.45, 7) is 3.02. The average Bonchev–Trinajstić information content (AvgIpc) is 2.36. The molecule has 1 fully saturated rings. The molecule has 1 aliphatic rings. The number of rotatable bonds is 5. The van der Waals surface area contributed by atoms with Crippen molar-refractivity contribution in [3.63, 3.8) is 0 Å². The monoisotopic (exact) mass is 291 g/mol. The van der Waals surface area contributed by atoms with E-state index in [0.29, 0.717) is 17.6 Å². The van der Waals surface area contributed by atoms with Crippen molar-refractivity contribution in [1.82, 2.24) is 15.3 Å². The molecule has 0 amide bonds. The highest BCUT2D eigenvalue weighted by atomic mass is 35.5. The summed E-state index contributed by atoms with van der Waals surface area (Å²) in [6.07, 6.45) is 6.34. The van der Waals surface area contributed by atoms with Gasteiger partial charge in [-0.25, -0.2) is 9.97 Å². The number of hydrogen-bond acceptors (Lipinski definition) is 4. The molecule has 0 spiro atoms. The Kier molecular flexibility index (Phi) is 7.32. The van der Waals surface area contributed by atoms with Gasteiger partial charge in [0.2, 0.25) is 5.88 Å². The number of nitrogens with one attached hydrogen (secondary N) is 1. The first-order valence-electron chi connectivity index (χ1n) is 6.15. The van der Waals surface area contributed by atoms with Gasteiger partial charge < -0.3 is 10.1 Å². The van der Waals surface area contributed by atoms with E-state index in [1.165, 1.54) is 32.1 Å². The second-order valence-electron chi connectivity index (χ2n) is 4.38. The van der Waals surface area contributed by atoms with Gasteiger partial charge in [-0.05, 0) is 44.7 Å². The molecule has 1 saturated heterocycles. The SMILES string of the molecule is Cl.Clc1cc(OCCCC2CCCNC2)ncn1. The molecule has 1 aromatic heterocycles. The molecule has 1 unspecified atom stereocenters. The van der Waals surface area contributed by atoms with Gasteiger partial charge in [0.05, 0.1) is 6.61 Å². The van der Waals surface area contributed by atoms with Crippen LogP contribution in [0.5, 0.6) is 5.88 Å². The second-order valence-corrected chi connectivity index (χ2v) is 4.77. The molecular weight excluding hydrogens is 273 g/mol. The first kappa shape index (κ1) is 15.5. The lowest BCUT2D eigenvalue weighted by Crippen LogP contribution is -2.29. The summed E-state index contributed by atoms with van der Waals surface area (Å²) < 4.78 is 5.52. The Morgan fingerprint density at radius 1 is 1.44 bits per heavy atom. The summed E-state index contributed by atoms with van der Waals surface area (Å²) in [5.41, 5.74) is 0. The molecule has 2 rings (SSSR count). The Morgan fingerprint density at radius 2 is 2.33 bits per heavy atom. The molecule has 2 heterocycles. The zero-order valence-corrected chi connectivity index (χ0v) is 11.8. The van der Waals surface area contributed by atoms with Crippen LogP contribution in [-0.2, 0) is 0 Å². The maximum Gasteiger partial charge on any atom is 0.217 e. The van der Waals surface area contributed by atoms with Crippen molar-refractivity contribution in [2.45, 2.75) is 25.7 Å². The standard InChI is InChI=1S/C12H18ClN3O.ClH/c13-11-7-12(16-9-15-11)17-6-2-4-10-3-1-5-14-8-10;/h7,9-10,14H,1-6,8H2;1H. The number of piperidine rings is 1. The molecule has 0 bridgehead atoms. The highest BCUT2D eigenvalue weighted by Gasteiger charge is 2.12. The van der Waals surface area contributed by atoms with Gasteiger partial charge in [-0.1, -0.05) is 11.6 Å². The number of nitrogens with zero attached hydrogens (tertiary/aromatic N) is 2. The van der Waals surface area contributed by atoms with Gasteiger partial charge in [-0.3, -0.25) is 0 Å². The Bertz CT molecular complexity index is 346. The minimum atomic E-state index is 0. The van der Waals surface area contributed by atoms with Crippen LogP contribution in [0, 0.1) is 5.92 Å². The molecule has 1 aromatic rings. The molecule has 102 valence electrons. The second kappa shape index (κ2) is 8.51. The fraction of sp³-hybridized carbons (Fsp3) is 0.667. The topological polar surface area (TPSA) is 47.0 Å². The molecule has 0 saturated carbocycles. The molecule has 1 N–H and O–H groups in total. The van der Waals surface area contributed by atoms with E-state index >= 15 is 0 Å². The van der Waals surface area contributed by atoms with Crippen LogP contribution in [0.4, 0.5) is 0 Å². The summed E-state index contributed by atoms with van der Waals surface area (Å²) in [4.78, 5) is 7.80. The van der Waals surface area contributed by atoms with Crippen LogP contribution < -0.4 is 10.1 Å². The zero-order chi connectivity index (χ0) is 11.9. The third-order valence-electron chi connectivity index (χ3n) is 3.01. The van der Waals surface area contributed by atoms with Crippen LogP contribution in [0.3, 0.4) is 0 Å². The van der Waals surface area contributed by atoms with Gasteiger partial charge >= 0.3 is 0 Å². The number of ether oxygens (including phenoxy) is 1. The fourth-order valence-corrected chi connectivity index (χ4v) is 2.25. The van der Waals surface area contributed by atoms with Gasteiger partial charge in [-0.2, -0.15) is 0 Å². The molecular formula is C12H19Cl2N3O. The molecule has 18 heavy (non-hydrogen) atoms. The van der Waals surface area contributed by atoms with E-state index < -0.39 is 0 Å². The molecule has 0 aromatic carbocycles. The third kappa shape index (κ3) is 5.38. The van der Waals surface area contributed by atoms with Crippen molar-refractivity contribution in [1.29, 1.82) is 0 Å². The molecule has 1 atom stereocenters. The lowest BCUT2D eigenvalue weighted by Gasteiger charge is -2.22. The highest BCUT2D eigenvalue weighted by Crippen LogP contribution is 2.16. The van der Waals surface area contributed by atoms with Gasteiger partial charge in [0, 0.05) is 6.07 Å².